The van der Waals surface area contributed by atoms with Crippen molar-refractivity contribution in [2.75, 3.05) is 12.3 Å². The molecule has 1 amide bonds. The minimum absolute atomic E-state index is 0.102. The summed E-state index contributed by atoms with van der Waals surface area (Å²) >= 11 is 1.57. The van der Waals surface area contributed by atoms with Gasteiger partial charge in [0.2, 0.25) is 0 Å². The first-order chi connectivity index (χ1) is 13.7. The molecule has 7 heteroatoms. The van der Waals surface area contributed by atoms with Gasteiger partial charge in [-0.2, -0.15) is 5.10 Å². The lowest BCUT2D eigenvalue weighted by Crippen LogP contribution is -2.26. The SMILES string of the molecule is O=C(NCCCn1cccn1)c1cccnc1SCCCc1ccc(F)cc1. The Hall–Kier alpha value is -2.67. The number of amides is 1. The Kier molecular flexibility index (Phi) is 7.61. The lowest BCUT2D eigenvalue weighted by atomic mass is 10.1. The van der Waals surface area contributed by atoms with E-state index in [4.69, 9.17) is 0 Å². The van der Waals surface area contributed by atoms with Crippen molar-refractivity contribution in [1.29, 1.82) is 0 Å². The summed E-state index contributed by atoms with van der Waals surface area (Å²) < 4.78 is 14.8. The van der Waals surface area contributed by atoms with Crippen LogP contribution in [0.25, 0.3) is 0 Å². The number of nitrogens with one attached hydrogen (secondary N) is 1. The van der Waals surface area contributed by atoms with E-state index in [0.29, 0.717) is 12.1 Å². The van der Waals surface area contributed by atoms with Crippen LogP contribution >= 0.6 is 11.8 Å². The second kappa shape index (κ2) is 10.6. The Labute approximate surface area is 168 Å². The molecule has 3 rings (SSSR count). The summed E-state index contributed by atoms with van der Waals surface area (Å²) in [5.74, 6) is 0.523. The maximum Gasteiger partial charge on any atom is 0.254 e. The monoisotopic (exact) mass is 398 g/mol. The molecule has 3 aromatic rings. The first kappa shape index (κ1) is 20.1. The summed E-state index contributed by atoms with van der Waals surface area (Å²) in [5, 5.41) is 7.84. The van der Waals surface area contributed by atoms with Crippen LogP contribution in [0.15, 0.2) is 66.1 Å². The van der Waals surface area contributed by atoms with Crippen LogP contribution in [0.1, 0.15) is 28.8 Å². The molecular weight excluding hydrogens is 375 g/mol. The number of hydrogen-bond donors (Lipinski definition) is 1. The number of nitrogens with zero attached hydrogens (tertiary/aromatic N) is 3. The van der Waals surface area contributed by atoms with Gasteiger partial charge in [-0.05, 0) is 60.9 Å². The third-order valence-electron chi connectivity index (χ3n) is 4.19. The van der Waals surface area contributed by atoms with Gasteiger partial charge in [-0.3, -0.25) is 9.48 Å². The molecule has 0 radical (unpaired) electrons. The van der Waals surface area contributed by atoms with Crippen molar-refractivity contribution in [3.63, 3.8) is 0 Å². The Morgan fingerprint density at radius 2 is 1.96 bits per heavy atom. The van der Waals surface area contributed by atoms with Gasteiger partial charge in [0, 0.05) is 31.7 Å². The largest absolute Gasteiger partial charge is 0.352 e. The van der Waals surface area contributed by atoms with E-state index in [1.807, 2.05) is 29.1 Å². The third-order valence-corrected chi connectivity index (χ3v) is 5.28. The fourth-order valence-corrected chi connectivity index (χ4v) is 3.68. The number of aromatic nitrogens is 3. The molecule has 5 nitrogen and oxygen atoms in total. The van der Waals surface area contributed by atoms with Gasteiger partial charge in [-0.25, -0.2) is 9.37 Å². The molecule has 1 N–H and O–H groups in total. The van der Waals surface area contributed by atoms with Crippen molar-refractivity contribution < 1.29 is 9.18 Å². The molecule has 0 saturated heterocycles. The highest BCUT2D eigenvalue weighted by Crippen LogP contribution is 2.21. The molecule has 2 aromatic heterocycles. The smallest absolute Gasteiger partial charge is 0.254 e. The van der Waals surface area contributed by atoms with Crippen molar-refractivity contribution in [1.82, 2.24) is 20.1 Å². The molecule has 0 spiro atoms. The first-order valence-electron chi connectivity index (χ1n) is 9.30. The fraction of sp³-hybridized carbons (Fsp3) is 0.286. The van der Waals surface area contributed by atoms with E-state index in [0.717, 1.165) is 42.1 Å². The van der Waals surface area contributed by atoms with E-state index in [-0.39, 0.29) is 11.7 Å². The van der Waals surface area contributed by atoms with Gasteiger partial charge in [0.1, 0.15) is 10.8 Å². The lowest BCUT2D eigenvalue weighted by Gasteiger charge is -2.09. The van der Waals surface area contributed by atoms with E-state index < -0.39 is 0 Å². The molecular formula is C21H23FN4OS. The number of benzene rings is 1. The standard InChI is InChI=1S/C21H23FN4OS/c22-18-9-7-17(8-10-18)5-2-16-28-21-19(6-1-11-24-21)20(27)23-12-3-14-26-15-4-13-25-26/h1,4,6-11,13,15H,2-3,5,12,14,16H2,(H,23,27). The van der Waals surface area contributed by atoms with Crippen LogP contribution in [0, 0.1) is 5.82 Å². The molecule has 0 saturated carbocycles. The second-order valence-electron chi connectivity index (χ2n) is 6.31. The van der Waals surface area contributed by atoms with E-state index in [9.17, 15) is 9.18 Å². The van der Waals surface area contributed by atoms with Gasteiger partial charge in [0.25, 0.3) is 5.91 Å². The number of hydrogen-bond acceptors (Lipinski definition) is 4. The molecule has 0 aliphatic carbocycles. The average molecular weight is 399 g/mol. The Bertz CT molecular complexity index is 868. The van der Waals surface area contributed by atoms with E-state index in [1.165, 1.54) is 12.1 Å². The topological polar surface area (TPSA) is 59.8 Å². The Morgan fingerprint density at radius 1 is 1.11 bits per heavy atom. The normalized spacial score (nSPS) is 10.8. The number of rotatable bonds is 10. The molecule has 146 valence electrons. The van der Waals surface area contributed by atoms with E-state index in [2.05, 4.69) is 15.4 Å². The van der Waals surface area contributed by atoms with Gasteiger partial charge in [0.15, 0.2) is 0 Å². The summed E-state index contributed by atoms with van der Waals surface area (Å²) in [5.41, 5.74) is 1.71. The minimum Gasteiger partial charge on any atom is -0.352 e. The minimum atomic E-state index is -0.216. The van der Waals surface area contributed by atoms with Crippen LogP contribution in [0.2, 0.25) is 0 Å². The number of carbonyl (C=O) groups is 1. The zero-order chi connectivity index (χ0) is 19.6. The average Bonchev–Trinajstić information content (AvgIpc) is 3.23. The molecule has 0 atom stereocenters. The number of thioether (sulfide) groups is 1. The van der Waals surface area contributed by atoms with Crippen molar-refractivity contribution in [2.24, 2.45) is 0 Å². The van der Waals surface area contributed by atoms with Crippen LogP contribution < -0.4 is 5.32 Å². The first-order valence-corrected chi connectivity index (χ1v) is 10.3. The number of carbonyl (C=O) groups excluding carboxylic acids is 1. The van der Waals surface area contributed by atoms with Crippen molar-refractivity contribution in [3.05, 3.63) is 78.0 Å². The molecule has 0 bridgehead atoms. The van der Waals surface area contributed by atoms with Crippen molar-refractivity contribution >= 4 is 17.7 Å². The number of aryl methyl sites for hydroxylation is 2. The van der Waals surface area contributed by atoms with Crippen LogP contribution in [0.5, 0.6) is 0 Å². The summed E-state index contributed by atoms with van der Waals surface area (Å²) in [6.45, 7) is 1.35. The van der Waals surface area contributed by atoms with Gasteiger partial charge in [-0.1, -0.05) is 12.1 Å². The predicted molar refractivity (Wildman–Crippen MR) is 109 cm³/mol. The highest BCUT2D eigenvalue weighted by Gasteiger charge is 2.12. The molecule has 0 fully saturated rings. The van der Waals surface area contributed by atoms with Crippen LogP contribution in [0.3, 0.4) is 0 Å². The van der Waals surface area contributed by atoms with Gasteiger partial charge in [0.05, 0.1) is 5.56 Å². The molecule has 2 heterocycles. The summed E-state index contributed by atoms with van der Waals surface area (Å²) in [7, 11) is 0. The van der Waals surface area contributed by atoms with E-state index in [1.54, 1.807) is 36.3 Å². The quantitative estimate of drug-likeness (QED) is 0.415. The van der Waals surface area contributed by atoms with E-state index >= 15 is 0 Å². The molecule has 0 aliphatic heterocycles. The molecule has 1 aromatic carbocycles. The zero-order valence-corrected chi connectivity index (χ0v) is 16.4. The van der Waals surface area contributed by atoms with Crippen LogP contribution in [0.4, 0.5) is 4.39 Å². The maximum absolute atomic E-state index is 12.9. The summed E-state index contributed by atoms with van der Waals surface area (Å²) in [6, 6.07) is 12.0. The molecule has 0 aliphatic rings. The van der Waals surface area contributed by atoms with Crippen LogP contribution in [-0.4, -0.2) is 33.0 Å². The van der Waals surface area contributed by atoms with Crippen molar-refractivity contribution in [2.45, 2.75) is 30.8 Å². The maximum atomic E-state index is 12.9. The molecule has 0 unspecified atom stereocenters. The van der Waals surface area contributed by atoms with Crippen LogP contribution in [-0.2, 0) is 13.0 Å². The number of pyridine rings is 1. The second-order valence-corrected chi connectivity index (χ2v) is 7.40. The number of halogens is 1. The predicted octanol–water partition coefficient (Wildman–Crippen LogP) is 3.96. The Morgan fingerprint density at radius 3 is 2.75 bits per heavy atom. The highest BCUT2D eigenvalue weighted by molar-refractivity contribution is 7.99. The van der Waals surface area contributed by atoms with Gasteiger partial charge < -0.3 is 5.32 Å². The summed E-state index contributed by atoms with van der Waals surface area (Å²) in [6.07, 6.45) is 7.97. The zero-order valence-electron chi connectivity index (χ0n) is 15.6. The lowest BCUT2D eigenvalue weighted by molar-refractivity contribution is 0.0949. The van der Waals surface area contributed by atoms with Gasteiger partial charge >= 0.3 is 0 Å². The highest BCUT2D eigenvalue weighted by atomic mass is 32.2. The third kappa shape index (κ3) is 6.20. The van der Waals surface area contributed by atoms with Crippen molar-refractivity contribution in [3.8, 4) is 0 Å². The van der Waals surface area contributed by atoms with Gasteiger partial charge in [-0.15, -0.1) is 11.8 Å². The molecule has 28 heavy (non-hydrogen) atoms. The summed E-state index contributed by atoms with van der Waals surface area (Å²) in [4.78, 5) is 16.9. The fourth-order valence-electron chi connectivity index (χ4n) is 2.75. The Balaban J connectivity index is 1.43.